The summed E-state index contributed by atoms with van der Waals surface area (Å²) in [5, 5.41) is 20.0. The van der Waals surface area contributed by atoms with E-state index in [0.717, 1.165) is 0 Å². The van der Waals surface area contributed by atoms with Gasteiger partial charge in [-0.25, -0.2) is 0 Å². The average Bonchev–Trinajstić information content (AvgIpc) is 1.96. The van der Waals surface area contributed by atoms with Gasteiger partial charge in [0.25, 0.3) is 0 Å². The second-order valence-electron chi connectivity index (χ2n) is 5.99. The van der Waals surface area contributed by atoms with Crippen LogP contribution in [0.3, 0.4) is 0 Å². The first-order chi connectivity index (χ1) is 7.04. The Morgan fingerprint density at radius 2 is 1.06 bits per heavy atom. The lowest BCUT2D eigenvalue weighted by Crippen LogP contribution is -2.28. The van der Waals surface area contributed by atoms with Crippen molar-refractivity contribution in [2.24, 2.45) is 11.8 Å². The van der Waals surface area contributed by atoms with Gasteiger partial charge < -0.3 is 10.2 Å². The molecular formula is C14H26O2. The molecule has 0 aromatic heterocycles. The monoisotopic (exact) mass is 226 g/mol. The van der Waals surface area contributed by atoms with E-state index in [1.54, 1.807) is 13.8 Å². The zero-order valence-electron chi connectivity index (χ0n) is 11.5. The Labute approximate surface area is 100 Å². The average molecular weight is 226 g/mol. The summed E-state index contributed by atoms with van der Waals surface area (Å²) in [4.78, 5) is 0. The zero-order chi connectivity index (χ0) is 13.0. The molecule has 0 amide bonds. The van der Waals surface area contributed by atoms with Crippen LogP contribution in [-0.2, 0) is 0 Å². The van der Waals surface area contributed by atoms with Crippen molar-refractivity contribution in [3.63, 3.8) is 0 Å². The van der Waals surface area contributed by atoms with Crippen LogP contribution in [0.25, 0.3) is 0 Å². The van der Waals surface area contributed by atoms with Gasteiger partial charge in [0, 0.05) is 0 Å². The Morgan fingerprint density at radius 3 is 1.25 bits per heavy atom. The van der Waals surface area contributed by atoms with Gasteiger partial charge in [0.1, 0.15) is 11.2 Å². The molecule has 16 heavy (non-hydrogen) atoms. The van der Waals surface area contributed by atoms with Crippen LogP contribution in [0.2, 0.25) is 0 Å². The van der Waals surface area contributed by atoms with E-state index in [1.807, 2.05) is 27.7 Å². The van der Waals surface area contributed by atoms with Gasteiger partial charge in [-0.3, -0.25) is 0 Å². The Bertz CT molecular complexity index is 238. The number of aliphatic hydroxyl groups is 2. The van der Waals surface area contributed by atoms with Crippen LogP contribution in [0.15, 0.2) is 0 Å². The van der Waals surface area contributed by atoms with Crippen molar-refractivity contribution < 1.29 is 10.2 Å². The Hall–Kier alpha value is -0.520. The predicted molar refractivity (Wildman–Crippen MR) is 67.9 cm³/mol. The highest BCUT2D eigenvalue weighted by Crippen LogP contribution is 2.18. The maximum atomic E-state index is 10.00. The third-order valence-corrected chi connectivity index (χ3v) is 2.21. The maximum absolute atomic E-state index is 10.00. The summed E-state index contributed by atoms with van der Waals surface area (Å²) in [6.45, 7) is 11.6. The van der Waals surface area contributed by atoms with E-state index in [0.29, 0.717) is 24.7 Å². The van der Waals surface area contributed by atoms with Crippen LogP contribution in [0.1, 0.15) is 54.4 Å². The van der Waals surface area contributed by atoms with Crippen molar-refractivity contribution in [3.05, 3.63) is 0 Å². The fraction of sp³-hybridized carbons (Fsp3) is 0.857. The molecule has 0 saturated heterocycles. The first-order valence-electron chi connectivity index (χ1n) is 6.03. The van der Waals surface area contributed by atoms with Crippen molar-refractivity contribution in [2.75, 3.05) is 0 Å². The highest BCUT2D eigenvalue weighted by Gasteiger charge is 2.22. The molecule has 0 aromatic rings. The number of rotatable bonds is 4. The van der Waals surface area contributed by atoms with Gasteiger partial charge in [-0.15, -0.1) is 0 Å². The lowest BCUT2D eigenvalue weighted by Gasteiger charge is -2.22. The summed E-state index contributed by atoms with van der Waals surface area (Å²) < 4.78 is 0. The first kappa shape index (κ1) is 15.5. The lowest BCUT2D eigenvalue weighted by atomic mass is 9.91. The fourth-order valence-electron chi connectivity index (χ4n) is 1.96. The van der Waals surface area contributed by atoms with Gasteiger partial charge in [0.05, 0.1) is 0 Å². The normalized spacial score (nSPS) is 18.9. The summed E-state index contributed by atoms with van der Waals surface area (Å²) in [7, 11) is 0. The van der Waals surface area contributed by atoms with Gasteiger partial charge in [-0.05, 0) is 38.5 Å². The van der Waals surface area contributed by atoms with Gasteiger partial charge in [-0.1, -0.05) is 39.5 Å². The molecule has 0 rings (SSSR count). The molecule has 0 radical (unpaired) electrons. The minimum Gasteiger partial charge on any atom is -0.378 e. The highest BCUT2D eigenvalue weighted by atomic mass is 16.3. The number of hydrogen-bond donors (Lipinski definition) is 2. The van der Waals surface area contributed by atoms with Crippen LogP contribution in [0.4, 0.5) is 0 Å². The van der Waals surface area contributed by atoms with E-state index in [2.05, 4.69) is 11.8 Å². The molecule has 0 spiro atoms. The largest absolute Gasteiger partial charge is 0.378 e. The molecule has 0 saturated carbocycles. The third-order valence-electron chi connectivity index (χ3n) is 2.21. The van der Waals surface area contributed by atoms with Crippen LogP contribution in [0.5, 0.6) is 0 Å². The van der Waals surface area contributed by atoms with Crippen LogP contribution >= 0.6 is 0 Å². The van der Waals surface area contributed by atoms with E-state index >= 15 is 0 Å². The molecule has 0 fully saturated rings. The zero-order valence-corrected chi connectivity index (χ0v) is 11.5. The van der Waals surface area contributed by atoms with Crippen molar-refractivity contribution in [1.29, 1.82) is 0 Å². The van der Waals surface area contributed by atoms with E-state index in [1.165, 1.54) is 0 Å². The summed E-state index contributed by atoms with van der Waals surface area (Å²) in [6, 6.07) is 0. The molecule has 0 aliphatic rings. The van der Waals surface area contributed by atoms with Crippen molar-refractivity contribution in [3.8, 4) is 11.8 Å². The smallest absolute Gasteiger partial charge is 0.123 e. The van der Waals surface area contributed by atoms with Crippen LogP contribution in [-0.4, -0.2) is 21.4 Å². The fourth-order valence-corrected chi connectivity index (χ4v) is 1.96. The molecule has 2 N–H and O–H groups in total. The summed E-state index contributed by atoms with van der Waals surface area (Å²) >= 11 is 0. The minimum absolute atomic E-state index is 0.388. The van der Waals surface area contributed by atoms with E-state index in [9.17, 15) is 10.2 Å². The molecular weight excluding hydrogens is 200 g/mol. The summed E-state index contributed by atoms with van der Waals surface area (Å²) in [6.07, 6.45) is 1.25. The van der Waals surface area contributed by atoms with Crippen LogP contribution in [0, 0.1) is 23.7 Å². The molecule has 0 aliphatic carbocycles. The topological polar surface area (TPSA) is 40.5 Å². The highest BCUT2D eigenvalue weighted by molar-refractivity contribution is 5.19. The molecule has 0 heterocycles. The minimum atomic E-state index is -1.00. The van der Waals surface area contributed by atoms with Crippen molar-refractivity contribution in [1.82, 2.24) is 0 Å². The van der Waals surface area contributed by atoms with Crippen LogP contribution < -0.4 is 0 Å². The lowest BCUT2D eigenvalue weighted by molar-refractivity contribution is 0.0859. The molecule has 0 bridgehead atoms. The SMILES string of the molecule is CC(C)C[C@](C)(O)C#C[C@@](C)(O)CC(C)C. The Balaban J connectivity index is 4.57. The van der Waals surface area contributed by atoms with E-state index < -0.39 is 11.2 Å². The molecule has 2 atom stereocenters. The molecule has 0 aromatic carbocycles. The summed E-state index contributed by atoms with van der Waals surface area (Å²) in [5.74, 6) is 6.36. The van der Waals surface area contributed by atoms with Crippen molar-refractivity contribution >= 4 is 0 Å². The molecule has 94 valence electrons. The maximum Gasteiger partial charge on any atom is 0.123 e. The summed E-state index contributed by atoms with van der Waals surface area (Å²) in [5.41, 5.74) is -2.01. The number of hydrogen-bond acceptors (Lipinski definition) is 2. The van der Waals surface area contributed by atoms with Gasteiger partial charge >= 0.3 is 0 Å². The Kier molecular flexibility index (Phi) is 5.52. The van der Waals surface area contributed by atoms with E-state index in [4.69, 9.17) is 0 Å². The molecule has 2 nitrogen and oxygen atoms in total. The van der Waals surface area contributed by atoms with Gasteiger partial charge in [0.15, 0.2) is 0 Å². The van der Waals surface area contributed by atoms with Crippen molar-refractivity contribution in [2.45, 2.75) is 65.6 Å². The molecule has 2 heteroatoms. The van der Waals surface area contributed by atoms with Gasteiger partial charge in [0.2, 0.25) is 0 Å². The first-order valence-corrected chi connectivity index (χ1v) is 6.03. The standard InChI is InChI=1S/C14H26O2/c1-11(2)9-13(5,15)7-8-14(6,16)10-12(3)4/h11-12,15-16H,9-10H2,1-6H3/t13-,14-/m1/s1. The second-order valence-corrected chi connectivity index (χ2v) is 5.99. The quantitative estimate of drug-likeness (QED) is 0.723. The molecule has 0 aliphatic heterocycles. The second kappa shape index (κ2) is 5.70. The molecule has 0 unspecified atom stereocenters. The van der Waals surface area contributed by atoms with E-state index in [-0.39, 0.29) is 0 Å². The third kappa shape index (κ3) is 7.73. The van der Waals surface area contributed by atoms with Gasteiger partial charge in [-0.2, -0.15) is 0 Å². The Morgan fingerprint density at radius 1 is 0.812 bits per heavy atom. The predicted octanol–water partition coefficient (Wildman–Crippen LogP) is 2.58.